The molecule has 0 aliphatic carbocycles. The minimum absolute atomic E-state index is 0.665. The van der Waals surface area contributed by atoms with Crippen LogP contribution in [0.2, 0.25) is 0 Å². The van der Waals surface area contributed by atoms with Crippen molar-refractivity contribution >= 4 is 11.6 Å². The van der Waals surface area contributed by atoms with Crippen molar-refractivity contribution in [1.82, 2.24) is 0 Å². The Morgan fingerprint density at radius 2 is 1.75 bits per heavy atom. The van der Waals surface area contributed by atoms with E-state index in [2.05, 4.69) is 25.1 Å². The minimum Gasteiger partial charge on any atom is -0.497 e. The van der Waals surface area contributed by atoms with Crippen LogP contribution in [0.25, 0.3) is 11.6 Å². The zero-order valence-corrected chi connectivity index (χ0v) is 11.8. The van der Waals surface area contributed by atoms with Gasteiger partial charge in [0.05, 0.1) is 18.8 Å². The fourth-order valence-electron chi connectivity index (χ4n) is 1.97. The van der Waals surface area contributed by atoms with E-state index in [1.54, 1.807) is 7.11 Å². The second-order valence-corrected chi connectivity index (χ2v) is 4.49. The van der Waals surface area contributed by atoms with E-state index in [4.69, 9.17) is 4.74 Å². The van der Waals surface area contributed by atoms with E-state index < -0.39 is 0 Å². The Labute approximate surface area is 119 Å². The maximum atomic E-state index is 9.33. The van der Waals surface area contributed by atoms with Crippen molar-refractivity contribution in [2.24, 2.45) is 0 Å². The van der Waals surface area contributed by atoms with Crippen LogP contribution in [0.4, 0.5) is 0 Å². The van der Waals surface area contributed by atoms with E-state index in [9.17, 15) is 5.26 Å². The number of nitrogens with zero attached hydrogens (tertiary/aromatic N) is 1. The van der Waals surface area contributed by atoms with Gasteiger partial charge in [0.25, 0.3) is 0 Å². The molecule has 2 heteroatoms. The summed E-state index contributed by atoms with van der Waals surface area (Å²) in [6.07, 6.45) is 2.89. The summed E-state index contributed by atoms with van der Waals surface area (Å²) in [4.78, 5) is 0. The molecule has 0 spiro atoms. The van der Waals surface area contributed by atoms with Crippen molar-refractivity contribution in [3.8, 4) is 11.8 Å². The van der Waals surface area contributed by atoms with Crippen LogP contribution in [0.5, 0.6) is 5.75 Å². The van der Waals surface area contributed by atoms with Gasteiger partial charge in [-0.1, -0.05) is 43.3 Å². The molecular formula is C18H17NO. The average Bonchev–Trinajstić information content (AvgIpc) is 2.53. The monoisotopic (exact) mass is 263 g/mol. The predicted octanol–water partition coefficient (Wildman–Crippen LogP) is 4.32. The topological polar surface area (TPSA) is 33.0 Å². The maximum Gasteiger partial charge on any atom is 0.118 e. The number of hydrogen-bond acceptors (Lipinski definition) is 2. The summed E-state index contributed by atoms with van der Waals surface area (Å²) in [5.74, 6) is 0.813. The molecule has 0 unspecified atom stereocenters. The number of methoxy groups -OCH3 is 1. The van der Waals surface area contributed by atoms with Crippen molar-refractivity contribution in [2.75, 3.05) is 7.11 Å². The standard InChI is InChI=1S/C18H17NO/c1-3-14-4-8-16(9-5-14)17(13-19)12-15-6-10-18(20-2)11-7-15/h4-12H,3H2,1-2H3/b17-12+. The molecule has 0 N–H and O–H groups in total. The lowest BCUT2D eigenvalue weighted by Crippen LogP contribution is -1.85. The number of ether oxygens (including phenoxy) is 1. The number of hydrogen-bond donors (Lipinski definition) is 0. The molecule has 0 saturated heterocycles. The molecule has 2 nitrogen and oxygen atoms in total. The zero-order chi connectivity index (χ0) is 14.4. The van der Waals surface area contributed by atoms with E-state index >= 15 is 0 Å². The Hall–Kier alpha value is -2.53. The summed E-state index contributed by atoms with van der Waals surface area (Å²) < 4.78 is 5.12. The Morgan fingerprint density at radius 1 is 1.10 bits per heavy atom. The van der Waals surface area contributed by atoms with Crippen LogP contribution in [0.3, 0.4) is 0 Å². The third-order valence-corrected chi connectivity index (χ3v) is 3.22. The molecule has 0 aliphatic heterocycles. The first-order valence-corrected chi connectivity index (χ1v) is 6.62. The van der Waals surface area contributed by atoms with Gasteiger partial charge in [-0.25, -0.2) is 0 Å². The van der Waals surface area contributed by atoms with Gasteiger partial charge in [0.15, 0.2) is 0 Å². The molecule has 0 amide bonds. The summed E-state index contributed by atoms with van der Waals surface area (Å²) >= 11 is 0. The Kier molecular flexibility index (Phi) is 4.57. The molecule has 0 saturated carbocycles. The highest BCUT2D eigenvalue weighted by atomic mass is 16.5. The van der Waals surface area contributed by atoms with Gasteiger partial charge in [0.1, 0.15) is 5.75 Å². The summed E-state index contributed by atoms with van der Waals surface area (Å²) in [7, 11) is 1.64. The van der Waals surface area contributed by atoms with Crippen molar-refractivity contribution in [3.63, 3.8) is 0 Å². The first kappa shape index (κ1) is 13.9. The highest BCUT2D eigenvalue weighted by molar-refractivity contribution is 5.89. The summed E-state index contributed by atoms with van der Waals surface area (Å²) in [5, 5.41) is 9.33. The molecular weight excluding hydrogens is 246 g/mol. The maximum absolute atomic E-state index is 9.33. The fourth-order valence-corrected chi connectivity index (χ4v) is 1.97. The molecule has 2 aromatic carbocycles. The van der Waals surface area contributed by atoms with E-state index in [0.717, 1.165) is 23.3 Å². The highest BCUT2D eigenvalue weighted by Crippen LogP contribution is 2.20. The summed E-state index contributed by atoms with van der Waals surface area (Å²) in [6, 6.07) is 18.0. The van der Waals surface area contributed by atoms with Crippen LogP contribution in [-0.4, -0.2) is 7.11 Å². The first-order valence-electron chi connectivity index (χ1n) is 6.62. The van der Waals surface area contributed by atoms with E-state index in [1.807, 2.05) is 42.5 Å². The SMILES string of the molecule is CCc1ccc(/C(C#N)=C/c2ccc(OC)cc2)cc1. The highest BCUT2D eigenvalue weighted by Gasteiger charge is 2.01. The number of aryl methyl sites for hydroxylation is 1. The van der Waals surface area contributed by atoms with E-state index in [-0.39, 0.29) is 0 Å². The molecule has 20 heavy (non-hydrogen) atoms. The van der Waals surface area contributed by atoms with Crippen LogP contribution in [0.1, 0.15) is 23.6 Å². The molecule has 100 valence electrons. The summed E-state index contributed by atoms with van der Waals surface area (Å²) in [6.45, 7) is 2.12. The first-order chi connectivity index (χ1) is 9.76. The molecule has 0 radical (unpaired) electrons. The van der Waals surface area contributed by atoms with Crippen LogP contribution < -0.4 is 4.74 Å². The zero-order valence-electron chi connectivity index (χ0n) is 11.8. The van der Waals surface area contributed by atoms with Crippen molar-refractivity contribution in [1.29, 1.82) is 5.26 Å². The second-order valence-electron chi connectivity index (χ2n) is 4.49. The van der Waals surface area contributed by atoms with Gasteiger partial charge in [-0.3, -0.25) is 0 Å². The van der Waals surface area contributed by atoms with Crippen molar-refractivity contribution in [2.45, 2.75) is 13.3 Å². The Morgan fingerprint density at radius 3 is 2.25 bits per heavy atom. The molecule has 0 aromatic heterocycles. The molecule has 2 aromatic rings. The van der Waals surface area contributed by atoms with Crippen LogP contribution in [0, 0.1) is 11.3 Å². The van der Waals surface area contributed by atoms with Gasteiger partial charge in [-0.05, 0) is 41.3 Å². The second kappa shape index (κ2) is 6.58. The Balaban J connectivity index is 2.30. The van der Waals surface area contributed by atoms with Gasteiger partial charge in [0.2, 0.25) is 0 Å². The molecule has 0 aliphatic rings. The smallest absolute Gasteiger partial charge is 0.118 e. The third-order valence-electron chi connectivity index (χ3n) is 3.22. The van der Waals surface area contributed by atoms with Crippen LogP contribution in [0.15, 0.2) is 48.5 Å². The molecule has 0 bridgehead atoms. The normalized spacial score (nSPS) is 10.9. The number of benzene rings is 2. The molecule has 2 rings (SSSR count). The largest absolute Gasteiger partial charge is 0.497 e. The van der Waals surface area contributed by atoms with Crippen molar-refractivity contribution in [3.05, 3.63) is 65.2 Å². The predicted molar refractivity (Wildman–Crippen MR) is 82.3 cm³/mol. The van der Waals surface area contributed by atoms with Gasteiger partial charge in [-0.2, -0.15) is 5.26 Å². The van der Waals surface area contributed by atoms with Crippen LogP contribution in [-0.2, 0) is 6.42 Å². The number of rotatable bonds is 4. The fraction of sp³-hybridized carbons (Fsp3) is 0.167. The molecule has 0 fully saturated rings. The van der Waals surface area contributed by atoms with Gasteiger partial charge in [0, 0.05) is 0 Å². The number of allylic oxidation sites excluding steroid dienone is 1. The quantitative estimate of drug-likeness (QED) is 0.608. The number of nitriles is 1. The lowest BCUT2D eigenvalue weighted by molar-refractivity contribution is 0.415. The van der Waals surface area contributed by atoms with Gasteiger partial charge < -0.3 is 4.74 Å². The molecule has 0 atom stereocenters. The third kappa shape index (κ3) is 3.27. The minimum atomic E-state index is 0.665. The van der Waals surface area contributed by atoms with E-state index in [1.165, 1.54) is 5.56 Å². The average molecular weight is 263 g/mol. The van der Waals surface area contributed by atoms with Gasteiger partial charge in [-0.15, -0.1) is 0 Å². The molecule has 0 heterocycles. The van der Waals surface area contributed by atoms with Crippen LogP contribution >= 0.6 is 0 Å². The van der Waals surface area contributed by atoms with Crippen molar-refractivity contribution < 1.29 is 4.74 Å². The Bertz CT molecular complexity index is 631. The van der Waals surface area contributed by atoms with E-state index in [0.29, 0.717) is 5.57 Å². The van der Waals surface area contributed by atoms with Gasteiger partial charge >= 0.3 is 0 Å². The lowest BCUT2D eigenvalue weighted by Gasteiger charge is -2.03. The summed E-state index contributed by atoms with van der Waals surface area (Å²) in [5.41, 5.74) is 3.87. The lowest BCUT2D eigenvalue weighted by atomic mass is 10.0.